The van der Waals surface area contributed by atoms with Gasteiger partial charge in [-0.15, -0.1) is 0 Å². The number of benzene rings is 1. The summed E-state index contributed by atoms with van der Waals surface area (Å²) >= 11 is 0. The Morgan fingerprint density at radius 2 is 1.89 bits per heavy atom. The topological polar surface area (TPSA) is 43.1 Å². The molecular formula is C13H17F2NOS. The lowest BCUT2D eigenvalue weighted by atomic mass is 9.91. The van der Waals surface area contributed by atoms with Crippen LogP contribution >= 0.6 is 0 Å². The van der Waals surface area contributed by atoms with E-state index >= 15 is 0 Å². The number of nitrogen functional groups attached to an aromatic ring is 1. The molecule has 1 fully saturated rings. The summed E-state index contributed by atoms with van der Waals surface area (Å²) < 4.78 is 39.7. The first-order valence-electron chi connectivity index (χ1n) is 6.14. The van der Waals surface area contributed by atoms with Crippen LogP contribution in [-0.2, 0) is 10.8 Å². The zero-order chi connectivity index (χ0) is 13.3. The molecule has 1 aromatic carbocycles. The Bertz CT molecular complexity index is 455. The van der Waals surface area contributed by atoms with Crippen molar-refractivity contribution in [2.45, 2.75) is 42.8 Å². The van der Waals surface area contributed by atoms with Crippen molar-refractivity contribution >= 4 is 16.5 Å². The normalized spacial score (nSPS) is 25.9. The molecule has 3 unspecified atom stereocenters. The van der Waals surface area contributed by atoms with Crippen LogP contribution in [0, 0.1) is 17.6 Å². The zero-order valence-electron chi connectivity index (χ0n) is 10.3. The molecule has 0 saturated heterocycles. The van der Waals surface area contributed by atoms with E-state index in [1.807, 2.05) is 0 Å². The number of rotatable bonds is 2. The standard InChI is InChI=1S/C13H17F2NOS/c1-8-3-2-4-10(5-8)18(17)13-11(14)6-9(16)7-12(13)15/h6-8,10H,2-5,16H2,1H3. The van der Waals surface area contributed by atoms with Crippen LogP contribution in [0.4, 0.5) is 14.5 Å². The Kier molecular flexibility index (Phi) is 4.00. The van der Waals surface area contributed by atoms with E-state index < -0.39 is 22.4 Å². The van der Waals surface area contributed by atoms with Crippen LogP contribution in [-0.4, -0.2) is 9.46 Å². The van der Waals surface area contributed by atoms with E-state index in [2.05, 4.69) is 6.92 Å². The van der Waals surface area contributed by atoms with Gasteiger partial charge in [0.25, 0.3) is 0 Å². The molecule has 0 amide bonds. The number of nitrogens with two attached hydrogens (primary N) is 1. The molecule has 0 aliphatic heterocycles. The third-order valence-corrected chi connectivity index (χ3v) is 5.24. The molecule has 0 heterocycles. The Morgan fingerprint density at radius 3 is 2.44 bits per heavy atom. The van der Waals surface area contributed by atoms with Gasteiger partial charge >= 0.3 is 0 Å². The Morgan fingerprint density at radius 1 is 1.28 bits per heavy atom. The van der Waals surface area contributed by atoms with E-state index in [0.717, 1.165) is 37.8 Å². The van der Waals surface area contributed by atoms with Gasteiger partial charge in [0, 0.05) is 10.9 Å². The van der Waals surface area contributed by atoms with Crippen molar-refractivity contribution in [1.29, 1.82) is 0 Å². The Balaban J connectivity index is 2.28. The summed E-state index contributed by atoms with van der Waals surface area (Å²) in [5.74, 6) is -1.14. The van der Waals surface area contributed by atoms with E-state index in [1.54, 1.807) is 0 Å². The second-order valence-electron chi connectivity index (χ2n) is 5.00. The van der Waals surface area contributed by atoms with Gasteiger partial charge in [-0.25, -0.2) is 8.78 Å². The summed E-state index contributed by atoms with van der Waals surface area (Å²) in [6.45, 7) is 2.08. The number of hydrogen-bond acceptors (Lipinski definition) is 2. The molecule has 3 atom stereocenters. The largest absolute Gasteiger partial charge is 0.399 e. The van der Waals surface area contributed by atoms with E-state index in [-0.39, 0.29) is 15.8 Å². The van der Waals surface area contributed by atoms with Gasteiger partial charge in [0.2, 0.25) is 0 Å². The highest BCUT2D eigenvalue weighted by Gasteiger charge is 2.28. The summed E-state index contributed by atoms with van der Waals surface area (Å²) in [5.41, 5.74) is 5.37. The molecule has 2 rings (SSSR count). The first-order chi connectivity index (χ1) is 8.49. The minimum atomic E-state index is -1.63. The molecule has 2 nitrogen and oxygen atoms in total. The Labute approximate surface area is 108 Å². The second kappa shape index (κ2) is 5.34. The monoisotopic (exact) mass is 273 g/mol. The van der Waals surface area contributed by atoms with Gasteiger partial charge in [0.1, 0.15) is 16.5 Å². The predicted molar refractivity (Wildman–Crippen MR) is 68.6 cm³/mol. The van der Waals surface area contributed by atoms with Crippen LogP contribution in [0.15, 0.2) is 17.0 Å². The van der Waals surface area contributed by atoms with Gasteiger partial charge in [0.15, 0.2) is 0 Å². The van der Waals surface area contributed by atoms with Crippen LogP contribution in [0.25, 0.3) is 0 Å². The summed E-state index contributed by atoms with van der Waals surface area (Å²) in [7, 11) is -1.63. The lowest BCUT2D eigenvalue weighted by Crippen LogP contribution is -2.24. The lowest BCUT2D eigenvalue weighted by Gasteiger charge is -2.26. The van der Waals surface area contributed by atoms with Gasteiger partial charge in [-0.2, -0.15) is 0 Å². The molecule has 100 valence electrons. The van der Waals surface area contributed by atoms with Gasteiger partial charge in [-0.3, -0.25) is 4.21 Å². The van der Waals surface area contributed by atoms with E-state index in [1.165, 1.54) is 0 Å². The second-order valence-corrected chi connectivity index (χ2v) is 6.67. The van der Waals surface area contributed by atoms with E-state index in [0.29, 0.717) is 5.92 Å². The molecule has 0 aromatic heterocycles. The minimum absolute atomic E-state index is 0.0164. The smallest absolute Gasteiger partial charge is 0.144 e. The van der Waals surface area contributed by atoms with Crippen LogP contribution < -0.4 is 5.73 Å². The first kappa shape index (κ1) is 13.5. The highest BCUT2D eigenvalue weighted by molar-refractivity contribution is 7.85. The number of halogens is 2. The third kappa shape index (κ3) is 2.71. The maximum absolute atomic E-state index is 13.7. The van der Waals surface area contributed by atoms with Crippen molar-refractivity contribution in [3.8, 4) is 0 Å². The molecule has 2 N–H and O–H groups in total. The molecule has 5 heteroatoms. The molecule has 1 saturated carbocycles. The van der Waals surface area contributed by atoms with Gasteiger partial charge in [0.05, 0.1) is 10.8 Å². The fraction of sp³-hybridized carbons (Fsp3) is 0.538. The predicted octanol–water partition coefficient (Wildman–Crippen LogP) is 3.23. The zero-order valence-corrected chi connectivity index (χ0v) is 11.1. The van der Waals surface area contributed by atoms with Crippen LogP contribution in [0.5, 0.6) is 0 Å². The van der Waals surface area contributed by atoms with Crippen molar-refractivity contribution < 1.29 is 13.0 Å². The quantitative estimate of drug-likeness (QED) is 0.841. The number of hydrogen-bond donors (Lipinski definition) is 1. The SMILES string of the molecule is CC1CCCC(S(=O)c2c(F)cc(N)cc2F)C1. The molecule has 1 aliphatic rings. The highest BCUT2D eigenvalue weighted by Crippen LogP contribution is 2.31. The van der Waals surface area contributed by atoms with Gasteiger partial charge in [-0.05, 0) is 30.9 Å². The average molecular weight is 273 g/mol. The van der Waals surface area contributed by atoms with Crippen LogP contribution in [0.3, 0.4) is 0 Å². The summed E-state index contributed by atoms with van der Waals surface area (Å²) in [6, 6.07) is 2.06. The molecule has 1 aliphatic carbocycles. The molecule has 0 bridgehead atoms. The van der Waals surface area contributed by atoms with Gasteiger partial charge < -0.3 is 5.73 Å². The lowest BCUT2D eigenvalue weighted by molar-refractivity contribution is 0.388. The number of anilines is 1. The molecule has 0 radical (unpaired) electrons. The minimum Gasteiger partial charge on any atom is -0.399 e. The van der Waals surface area contributed by atoms with Crippen LogP contribution in [0.1, 0.15) is 32.6 Å². The average Bonchev–Trinajstić information content (AvgIpc) is 2.27. The van der Waals surface area contributed by atoms with Crippen LogP contribution in [0.2, 0.25) is 0 Å². The van der Waals surface area contributed by atoms with Gasteiger partial charge in [-0.1, -0.05) is 19.8 Å². The van der Waals surface area contributed by atoms with E-state index in [4.69, 9.17) is 5.73 Å². The fourth-order valence-electron chi connectivity index (χ4n) is 2.51. The molecular weight excluding hydrogens is 256 g/mol. The molecule has 0 spiro atoms. The molecule has 1 aromatic rings. The maximum atomic E-state index is 13.7. The summed E-state index contributed by atoms with van der Waals surface area (Å²) in [4.78, 5) is -0.316. The van der Waals surface area contributed by atoms with Crippen molar-refractivity contribution in [3.05, 3.63) is 23.8 Å². The maximum Gasteiger partial charge on any atom is 0.144 e. The summed E-state index contributed by atoms with van der Waals surface area (Å²) in [6.07, 6.45) is 3.59. The fourth-order valence-corrected chi connectivity index (χ4v) is 4.23. The van der Waals surface area contributed by atoms with Crippen molar-refractivity contribution in [2.75, 3.05) is 5.73 Å². The Hall–Kier alpha value is -0.970. The van der Waals surface area contributed by atoms with Crippen molar-refractivity contribution in [1.82, 2.24) is 0 Å². The van der Waals surface area contributed by atoms with E-state index in [9.17, 15) is 13.0 Å². The highest BCUT2D eigenvalue weighted by atomic mass is 32.2. The molecule has 18 heavy (non-hydrogen) atoms. The third-order valence-electron chi connectivity index (χ3n) is 3.41. The van der Waals surface area contributed by atoms with Crippen molar-refractivity contribution in [2.24, 2.45) is 5.92 Å². The first-order valence-corrected chi connectivity index (χ1v) is 7.35. The van der Waals surface area contributed by atoms with Crippen molar-refractivity contribution in [3.63, 3.8) is 0 Å². The summed E-state index contributed by atoms with van der Waals surface area (Å²) in [5, 5.41) is -0.152.